The molecule has 2 aromatic carbocycles. The first-order valence-electron chi connectivity index (χ1n) is 10.4. The van der Waals surface area contributed by atoms with E-state index in [0.717, 1.165) is 17.2 Å². The fraction of sp³-hybridized carbons (Fsp3) is 0.500. The molecule has 0 amide bonds. The molecule has 2 aromatic rings. The van der Waals surface area contributed by atoms with E-state index >= 15 is 0 Å². The molecule has 0 fully saturated rings. The van der Waals surface area contributed by atoms with Crippen LogP contribution in [-0.4, -0.2) is 12.3 Å². The Kier molecular flexibility index (Phi) is 24.9. The Morgan fingerprint density at radius 1 is 0.500 bits per heavy atom. The molecular formula is C24H40Cl2P2. The second kappa shape index (κ2) is 23.2. The number of halogens is 2. The predicted octanol–water partition coefficient (Wildman–Crippen LogP) is 7.99. The summed E-state index contributed by atoms with van der Waals surface area (Å²) in [6.07, 6.45) is 13.9. The van der Waals surface area contributed by atoms with Gasteiger partial charge in [0.05, 0.1) is 0 Å². The van der Waals surface area contributed by atoms with Gasteiger partial charge in [0.1, 0.15) is 0 Å². The van der Waals surface area contributed by atoms with Crippen molar-refractivity contribution in [3.8, 4) is 0 Å². The monoisotopic (exact) mass is 460 g/mol. The predicted molar refractivity (Wildman–Crippen MR) is 141 cm³/mol. The third-order valence-corrected chi connectivity index (χ3v) is 6.96. The van der Waals surface area contributed by atoms with Crippen LogP contribution in [0, 0.1) is 0 Å². The summed E-state index contributed by atoms with van der Waals surface area (Å²) < 4.78 is 0. The molecule has 0 spiro atoms. The highest BCUT2D eigenvalue weighted by Crippen LogP contribution is 2.14. The van der Waals surface area contributed by atoms with Gasteiger partial charge in [0.25, 0.3) is 0 Å². The molecule has 2 unspecified atom stereocenters. The van der Waals surface area contributed by atoms with Gasteiger partial charge in [0.2, 0.25) is 0 Å². The molecule has 0 aromatic heterocycles. The van der Waals surface area contributed by atoms with Gasteiger partial charge in [-0.3, -0.25) is 0 Å². The summed E-state index contributed by atoms with van der Waals surface area (Å²) in [5.41, 5.74) is 0. The largest absolute Gasteiger partial charge is 0.147 e. The molecule has 0 saturated heterocycles. The van der Waals surface area contributed by atoms with Crippen molar-refractivity contribution >= 4 is 52.6 Å². The molecule has 4 heteroatoms. The summed E-state index contributed by atoms with van der Waals surface area (Å²) in [6, 6.07) is 21.6. The summed E-state index contributed by atoms with van der Waals surface area (Å²) in [4.78, 5) is 0. The first-order chi connectivity index (χ1) is 12.9. The summed E-state index contributed by atoms with van der Waals surface area (Å²) in [7, 11) is 2.03. The summed E-state index contributed by atoms with van der Waals surface area (Å²) >= 11 is 0. The maximum Gasteiger partial charge on any atom is -0.0271 e. The molecule has 0 saturated carbocycles. The third kappa shape index (κ3) is 17.9. The normalized spacial score (nSPS) is 10.4. The zero-order valence-corrected chi connectivity index (χ0v) is 21.3. The van der Waals surface area contributed by atoms with Crippen LogP contribution in [0.4, 0.5) is 0 Å². The quantitative estimate of drug-likeness (QED) is 0.222. The fourth-order valence-electron chi connectivity index (χ4n) is 2.68. The third-order valence-electron chi connectivity index (χ3n) is 4.27. The van der Waals surface area contributed by atoms with Gasteiger partial charge in [-0.1, -0.05) is 130 Å². The van der Waals surface area contributed by atoms with Crippen LogP contribution < -0.4 is 10.6 Å². The Morgan fingerprint density at radius 3 is 1.18 bits per heavy atom. The fourth-order valence-corrected chi connectivity index (χ4v) is 4.97. The highest BCUT2D eigenvalue weighted by atomic mass is 35.5. The lowest BCUT2D eigenvalue weighted by Gasteiger charge is -2.00. The lowest BCUT2D eigenvalue weighted by Crippen LogP contribution is -1.93. The van der Waals surface area contributed by atoms with Crippen LogP contribution in [0.5, 0.6) is 0 Å². The summed E-state index contributed by atoms with van der Waals surface area (Å²) in [5.74, 6) is 0. The molecule has 160 valence electrons. The summed E-state index contributed by atoms with van der Waals surface area (Å²) in [6.45, 7) is 4.53. The topological polar surface area (TPSA) is 0 Å². The lowest BCUT2D eigenvalue weighted by atomic mass is 10.2. The van der Waals surface area contributed by atoms with Crippen LogP contribution in [0.3, 0.4) is 0 Å². The second-order valence-corrected chi connectivity index (χ2v) is 9.57. The second-order valence-electron chi connectivity index (χ2n) is 6.71. The number of unbranched alkanes of at least 4 members (excludes halogenated alkanes) is 6. The molecule has 0 bridgehead atoms. The maximum atomic E-state index is 2.26. The van der Waals surface area contributed by atoms with Crippen molar-refractivity contribution < 1.29 is 0 Å². The van der Waals surface area contributed by atoms with Crippen LogP contribution in [0.25, 0.3) is 0 Å². The van der Waals surface area contributed by atoms with E-state index in [4.69, 9.17) is 0 Å². The molecule has 0 aliphatic carbocycles. The molecule has 2 rings (SSSR count). The van der Waals surface area contributed by atoms with E-state index in [1.807, 2.05) is 0 Å². The molecule has 0 radical (unpaired) electrons. The van der Waals surface area contributed by atoms with E-state index < -0.39 is 0 Å². The number of benzene rings is 2. The van der Waals surface area contributed by atoms with Gasteiger partial charge < -0.3 is 0 Å². The van der Waals surface area contributed by atoms with E-state index in [1.54, 1.807) is 0 Å². The average Bonchev–Trinajstić information content (AvgIpc) is 2.70. The van der Waals surface area contributed by atoms with Crippen LogP contribution in [-0.2, 0) is 0 Å². The van der Waals surface area contributed by atoms with Crippen molar-refractivity contribution in [3.05, 3.63) is 60.7 Å². The Hall–Kier alpha value is -0.120. The Morgan fingerprint density at radius 2 is 0.857 bits per heavy atom. The van der Waals surface area contributed by atoms with Gasteiger partial charge in [-0.05, 0) is 35.8 Å². The van der Waals surface area contributed by atoms with Crippen molar-refractivity contribution in [2.75, 3.05) is 12.3 Å². The molecule has 2 atom stereocenters. The average molecular weight is 461 g/mol. The van der Waals surface area contributed by atoms with Crippen LogP contribution in [0.15, 0.2) is 60.7 Å². The van der Waals surface area contributed by atoms with Gasteiger partial charge >= 0.3 is 0 Å². The maximum absolute atomic E-state index is 2.26. The minimum absolute atomic E-state index is 0. The van der Waals surface area contributed by atoms with Gasteiger partial charge in [-0.2, -0.15) is 0 Å². The Balaban J connectivity index is 0. The SMILES string of the molecule is CCCCCCPc1ccccc1.CCCCCCPc1ccccc1.Cl.Cl. The first-order valence-corrected chi connectivity index (χ1v) is 12.9. The standard InChI is InChI=1S/2C12H19P.2ClH/c2*1-2-3-4-8-11-13-12-9-6-5-7-10-12;;/h2*5-7,9-10,13H,2-4,8,11H2,1H3;2*1H. The minimum atomic E-state index is 0. The zero-order valence-electron chi connectivity index (χ0n) is 17.7. The van der Waals surface area contributed by atoms with E-state index in [9.17, 15) is 0 Å². The highest BCUT2D eigenvalue weighted by molar-refractivity contribution is 7.47. The van der Waals surface area contributed by atoms with E-state index in [0.29, 0.717) is 0 Å². The van der Waals surface area contributed by atoms with Crippen LogP contribution in [0.2, 0.25) is 0 Å². The molecule has 28 heavy (non-hydrogen) atoms. The van der Waals surface area contributed by atoms with Gasteiger partial charge in [-0.15, -0.1) is 24.8 Å². The van der Waals surface area contributed by atoms with Crippen molar-refractivity contribution in [1.29, 1.82) is 0 Å². The van der Waals surface area contributed by atoms with Crippen LogP contribution in [0.1, 0.15) is 65.2 Å². The number of hydrogen-bond acceptors (Lipinski definition) is 0. The van der Waals surface area contributed by atoms with Crippen LogP contribution >= 0.6 is 42.0 Å². The van der Waals surface area contributed by atoms with E-state index in [1.165, 1.54) is 74.3 Å². The Bertz CT molecular complexity index is 471. The van der Waals surface area contributed by atoms with Crippen molar-refractivity contribution in [2.24, 2.45) is 0 Å². The van der Waals surface area contributed by atoms with Gasteiger partial charge in [0, 0.05) is 0 Å². The number of rotatable bonds is 12. The minimum Gasteiger partial charge on any atom is -0.147 e. The number of hydrogen-bond donors (Lipinski definition) is 0. The molecular weight excluding hydrogens is 421 g/mol. The van der Waals surface area contributed by atoms with Crippen molar-refractivity contribution in [3.63, 3.8) is 0 Å². The molecule has 0 N–H and O–H groups in total. The van der Waals surface area contributed by atoms with Crippen molar-refractivity contribution in [2.45, 2.75) is 65.2 Å². The molecule has 0 heterocycles. The molecule has 0 aliphatic heterocycles. The summed E-state index contributed by atoms with van der Waals surface area (Å²) in [5, 5.41) is 3.03. The smallest absolute Gasteiger partial charge is 0.0271 e. The molecule has 0 aliphatic rings. The zero-order chi connectivity index (χ0) is 18.7. The lowest BCUT2D eigenvalue weighted by molar-refractivity contribution is 0.706. The Labute approximate surface area is 190 Å². The highest BCUT2D eigenvalue weighted by Gasteiger charge is 1.92. The molecule has 0 nitrogen and oxygen atoms in total. The first kappa shape index (κ1) is 30.1. The van der Waals surface area contributed by atoms with Gasteiger partial charge in [0.15, 0.2) is 0 Å². The van der Waals surface area contributed by atoms with Crippen molar-refractivity contribution in [1.82, 2.24) is 0 Å². The van der Waals surface area contributed by atoms with E-state index in [2.05, 4.69) is 74.5 Å². The van der Waals surface area contributed by atoms with E-state index in [-0.39, 0.29) is 24.8 Å². The van der Waals surface area contributed by atoms with Gasteiger partial charge in [-0.25, -0.2) is 0 Å².